The van der Waals surface area contributed by atoms with Gasteiger partial charge in [-0.1, -0.05) is 44.8 Å². The second-order valence-corrected chi connectivity index (χ2v) is 7.23. The van der Waals surface area contributed by atoms with Crippen molar-refractivity contribution < 1.29 is 20.1 Å². The minimum Gasteiger partial charge on any atom is -0.507 e. The Balaban J connectivity index is 2.57. The molecule has 3 N–H and O–H groups in total. The third-order valence-electron chi connectivity index (χ3n) is 5.28. The minimum atomic E-state index is -1.14. The van der Waals surface area contributed by atoms with Gasteiger partial charge in [0.1, 0.15) is 17.1 Å². The third-order valence-corrected chi connectivity index (χ3v) is 5.28. The fraction of sp³-hybridized carbons (Fsp3) is 0.571. The number of carbonyl (C=O) groups is 1. The average molecular weight is 346 g/mol. The number of carboxylic acid groups (broad SMARTS) is 1. The van der Waals surface area contributed by atoms with Crippen molar-refractivity contribution >= 4 is 5.97 Å². The second-order valence-electron chi connectivity index (χ2n) is 7.23. The van der Waals surface area contributed by atoms with E-state index in [1.54, 1.807) is 0 Å². The summed E-state index contributed by atoms with van der Waals surface area (Å²) < 4.78 is 0. The van der Waals surface area contributed by atoms with Crippen molar-refractivity contribution in [1.82, 2.24) is 0 Å². The average Bonchev–Trinajstić information content (AvgIpc) is 2.53. The van der Waals surface area contributed by atoms with E-state index in [-0.39, 0.29) is 23.0 Å². The van der Waals surface area contributed by atoms with Crippen molar-refractivity contribution in [1.29, 1.82) is 0 Å². The van der Waals surface area contributed by atoms with Gasteiger partial charge in [0, 0.05) is 11.5 Å². The van der Waals surface area contributed by atoms with Crippen LogP contribution in [0.25, 0.3) is 0 Å². The molecule has 2 atom stereocenters. The van der Waals surface area contributed by atoms with Gasteiger partial charge in [-0.2, -0.15) is 0 Å². The van der Waals surface area contributed by atoms with Gasteiger partial charge in [0.2, 0.25) is 0 Å². The van der Waals surface area contributed by atoms with Gasteiger partial charge in [0.25, 0.3) is 0 Å². The molecule has 0 bridgehead atoms. The molecule has 1 aromatic carbocycles. The monoisotopic (exact) mass is 346 g/mol. The summed E-state index contributed by atoms with van der Waals surface area (Å²) in [6, 6.07) is 1.54. The fourth-order valence-corrected chi connectivity index (χ4v) is 3.98. The Hall–Kier alpha value is -1.97. The summed E-state index contributed by atoms with van der Waals surface area (Å²) in [4.78, 5) is 11.7. The van der Waals surface area contributed by atoms with Crippen molar-refractivity contribution in [3.8, 4) is 11.5 Å². The first-order chi connectivity index (χ1) is 11.9. The van der Waals surface area contributed by atoms with Crippen molar-refractivity contribution in [2.45, 2.75) is 71.6 Å². The molecule has 4 nitrogen and oxygen atoms in total. The van der Waals surface area contributed by atoms with Crippen LogP contribution in [-0.2, 0) is 6.42 Å². The molecule has 4 heteroatoms. The van der Waals surface area contributed by atoms with Gasteiger partial charge in [0.05, 0.1) is 0 Å². The highest BCUT2D eigenvalue weighted by atomic mass is 16.4. The lowest BCUT2D eigenvalue weighted by Crippen LogP contribution is -2.17. The number of rotatable bonds is 7. The first kappa shape index (κ1) is 19.4. The van der Waals surface area contributed by atoms with Crippen LogP contribution >= 0.6 is 0 Å². The van der Waals surface area contributed by atoms with Crippen molar-refractivity contribution in [2.24, 2.45) is 5.92 Å². The molecule has 0 radical (unpaired) electrons. The zero-order valence-electron chi connectivity index (χ0n) is 15.5. The zero-order chi connectivity index (χ0) is 18.6. The lowest BCUT2D eigenvalue weighted by Gasteiger charge is -2.31. The van der Waals surface area contributed by atoms with E-state index in [4.69, 9.17) is 0 Å². The van der Waals surface area contributed by atoms with E-state index in [2.05, 4.69) is 19.9 Å². The van der Waals surface area contributed by atoms with Gasteiger partial charge >= 0.3 is 5.97 Å². The maximum atomic E-state index is 11.7. The van der Waals surface area contributed by atoms with E-state index in [1.807, 2.05) is 6.92 Å². The lowest BCUT2D eigenvalue weighted by atomic mass is 9.74. The van der Waals surface area contributed by atoms with E-state index in [0.717, 1.165) is 38.5 Å². The number of allylic oxidation sites excluding steroid dienone is 2. The molecule has 0 aliphatic heterocycles. The van der Waals surface area contributed by atoms with Crippen LogP contribution < -0.4 is 0 Å². The minimum absolute atomic E-state index is 0.0170. The number of phenols is 2. The summed E-state index contributed by atoms with van der Waals surface area (Å²) in [7, 11) is 0. The van der Waals surface area contributed by atoms with Gasteiger partial charge in [-0.15, -0.1) is 0 Å². The van der Waals surface area contributed by atoms with E-state index < -0.39 is 5.97 Å². The van der Waals surface area contributed by atoms with E-state index in [0.29, 0.717) is 23.5 Å². The molecule has 1 aliphatic carbocycles. The van der Waals surface area contributed by atoms with Gasteiger partial charge in [-0.3, -0.25) is 0 Å². The summed E-state index contributed by atoms with van der Waals surface area (Å²) >= 11 is 0. The summed E-state index contributed by atoms with van der Waals surface area (Å²) in [6.07, 6.45) is 8.60. The zero-order valence-corrected chi connectivity index (χ0v) is 15.5. The summed E-state index contributed by atoms with van der Waals surface area (Å²) in [6.45, 7) is 6.15. The largest absolute Gasteiger partial charge is 0.507 e. The SMILES string of the molecule is CCCC[C@@H]1CCC(C)=CC1c1c(O)cc(CCC)c(C(=O)O)c1O. The lowest BCUT2D eigenvalue weighted by molar-refractivity contribution is 0.0692. The summed E-state index contributed by atoms with van der Waals surface area (Å²) in [5, 5.41) is 31.0. The molecule has 1 unspecified atom stereocenters. The Morgan fingerprint density at radius 3 is 2.56 bits per heavy atom. The summed E-state index contributed by atoms with van der Waals surface area (Å²) in [5.41, 5.74) is 2.05. The molecule has 138 valence electrons. The number of aromatic carboxylic acids is 1. The van der Waals surface area contributed by atoms with Crippen LogP contribution in [0.1, 0.15) is 86.7 Å². The van der Waals surface area contributed by atoms with Gasteiger partial charge < -0.3 is 15.3 Å². The Bertz CT molecular complexity index is 660. The predicted molar refractivity (Wildman–Crippen MR) is 99.5 cm³/mol. The molecule has 25 heavy (non-hydrogen) atoms. The molecule has 0 saturated carbocycles. The molecule has 0 fully saturated rings. The fourth-order valence-electron chi connectivity index (χ4n) is 3.98. The maximum absolute atomic E-state index is 11.7. The topological polar surface area (TPSA) is 77.8 Å². The number of unbranched alkanes of at least 4 members (excludes halogenated alkanes) is 1. The van der Waals surface area contributed by atoms with Crippen LogP contribution in [-0.4, -0.2) is 21.3 Å². The molecule has 1 aliphatic rings. The highest BCUT2D eigenvalue weighted by Gasteiger charge is 2.32. The van der Waals surface area contributed by atoms with Crippen LogP contribution in [0.2, 0.25) is 0 Å². The molecule has 1 aromatic rings. The van der Waals surface area contributed by atoms with Crippen LogP contribution in [0, 0.1) is 5.92 Å². The van der Waals surface area contributed by atoms with E-state index in [1.165, 1.54) is 11.6 Å². The first-order valence-electron chi connectivity index (χ1n) is 9.38. The maximum Gasteiger partial charge on any atom is 0.339 e. The Morgan fingerprint density at radius 1 is 1.24 bits per heavy atom. The van der Waals surface area contributed by atoms with Crippen LogP contribution in [0.15, 0.2) is 17.7 Å². The standard InChI is InChI=1S/C21H30O4/c1-4-6-8-14-10-9-13(3)11-16(14)19-17(22)12-15(7-5-2)18(20(19)23)21(24)25/h11-12,14,16,22-23H,4-10H2,1-3H3,(H,24,25)/t14-,16?/m1/s1. The molecular weight excluding hydrogens is 316 g/mol. The van der Waals surface area contributed by atoms with Crippen LogP contribution in [0.4, 0.5) is 0 Å². The van der Waals surface area contributed by atoms with Crippen molar-refractivity contribution in [3.05, 3.63) is 34.4 Å². The van der Waals surface area contributed by atoms with Crippen molar-refractivity contribution in [3.63, 3.8) is 0 Å². The third kappa shape index (κ3) is 4.17. The van der Waals surface area contributed by atoms with E-state index >= 15 is 0 Å². The number of hydrogen-bond donors (Lipinski definition) is 3. The molecule has 0 saturated heterocycles. The van der Waals surface area contributed by atoms with Crippen molar-refractivity contribution in [2.75, 3.05) is 0 Å². The number of aryl methyl sites for hydroxylation is 1. The molecule has 0 aromatic heterocycles. The Morgan fingerprint density at radius 2 is 1.96 bits per heavy atom. The predicted octanol–water partition coefficient (Wildman–Crippen LogP) is 5.38. The highest BCUT2D eigenvalue weighted by Crippen LogP contribution is 2.47. The van der Waals surface area contributed by atoms with Gasteiger partial charge in [-0.05, 0) is 50.2 Å². The summed E-state index contributed by atoms with van der Waals surface area (Å²) in [5.74, 6) is -1.19. The number of carboxylic acids is 1. The highest BCUT2D eigenvalue weighted by molar-refractivity contribution is 5.94. The molecular formula is C21H30O4. The second kappa shape index (κ2) is 8.41. The first-order valence-corrected chi connectivity index (χ1v) is 9.38. The molecule has 0 heterocycles. The Labute approximate surface area is 150 Å². The smallest absolute Gasteiger partial charge is 0.339 e. The number of hydrogen-bond acceptors (Lipinski definition) is 3. The molecule has 2 rings (SSSR count). The quantitative estimate of drug-likeness (QED) is 0.579. The number of aromatic hydroxyl groups is 2. The number of phenolic OH excluding ortho intramolecular Hbond substituents is 1. The number of benzene rings is 1. The molecule has 0 spiro atoms. The normalized spacial score (nSPS) is 20.4. The van der Waals surface area contributed by atoms with Crippen LogP contribution in [0.5, 0.6) is 11.5 Å². The van der Waals surface area contributed by atoms with Crippen LogP contribution in [0.3, 0.4) is 0 Å². The van der Waals surface area contributed by atoms with Gasteiger partial charge in [-0.25, -0.2) is 4.79 Å². The molecule has 0 amide bonds. The van der Waals surface area contributed by atoms with Gasteiger partial charge in [0.15, 0.2) is 0 Å². The van der Waals surface area contributed by atoms with E-state index in [9.17, 15) is 20.1 Å². The Kier molecular flexibility index (Phi) is 6.51.